The Morgan fingerprint density at radius 3 is 2.95 bits per heavy atom. The quantitative estimate of drug-likeness (QED) is 0.652. The SMILES string of the molecule is CC(Cl)c1nc2cc(Br)c(F)cc2n1CCc1ncno1. The van der Waals surface area contributed by atoms with Crippen molar-refractivity contribution in [3.05, 3.63) is 40.5 Å². The van der Waals surface area contributed by atoms with Crippen LogP contribution in [0, 0.1) is 5.82 Å². The van der Waals surface area contributed by atoms with E-state index in [2.05, 4.69) is 31.1 Å². The van der Waals surface area contributed by atoms with Crippen molar-refractivity contribution in [2.75, 3.05) is 0 Å². The highest BCUT2D eigenvalue weighted by molar-refractivity contribution is 9.10. The molecule has 0 aliphatic rings. The maximum atomic E-state index is 13.8. The Morgan fingerprint density at radius 1 is 1.48 bits per heavy atom. The van der Waals surface area contributed by atoms with E-state index in [1.165, 1.54) is 12.4 Å². The molecule has 21 heavy (non-hydrogen) atoms. The highest BCUT2D eigenvalue weighted by Crippen LogP contribution is 2.28. The first-order valence-corrected chi connectivity index (χ1v) is 7.54. The van der Waals surface area contributed by atoms with E-state index in [1.54, 1.807) is 6.07 Å². The minimum absolute atomic E-state index is 0.290. The number of rotatable bonds is 4. The van der Waals surface area contributed by atoms with Crippen LogP contribution in [0.4, 0.5) is 4.39 Å². The van der Waals surface area contributed by atoms with Gasteiger partial charge in [-0.2, -0.15) is 4.98 Å². The Morgan fingerprint density at radius 2 is 2.29 bits per heavy atom. The van der Waals surface area contributed by atoms with Gasteiger partial charge in [0.1, 0.15) is 11.6 Å². The van der Waals surface area contributed by atoms with Crippen molar-refractivity contribution in [3.63, 3.8) is 0 Å². The average Bonchev–Trinajstić information content (AvgIpc) is 3.05. The summed E-state index contributed by atoms with van der Waals surface area (Å²) >= 11 is 9.35. The standard InChI is InChI=1S/C13H11BrClFN4O/c1-7(15)13-19-10-4-8(14)9(16)5-11(10)20(13)3-2-12-17-6-18-21-12/h4-7H,2-3H2,1H3. The summed E-state index contributed by atoms with van der Waals surface area (Å²) in [4.78, 5) is 8.46. The van der Waals surface area contributed by atoms with E-state index in [0.29, 0.717) is 40.2 Å². The monoisotopic (exact) mass is 372 g/mol. The van der Waals surface area contributed by atoms with Crippen molar-refractivity contribution in [1.82, 2.24) is 19.7 Å². The Balaban J connectivity index is 2.04. The van der Waals surface area contributed by atoms with Crippen LogP contribution in [0.15, 0.2) is 27.5 Å². The number of hydrogen-bond acceptors (Lipinski definition) is 4. The molecule has 110 valence electrons. The van der Waals surface area contributed by atoms with Crippen LogP contribution < -0.4 is 0 Å². The Hall–Kier alpha value is -1.47. The zero-order valence-corrected chi connectivity index (χ0v) is 13.4. The molecule has 2 aromatic heterocycles. The fourth-order valence-corrected chi connectivity index (χ4v) is 2.69. The van der Waals surface area contributed by atoms with Crippen LogP contribution in [0.2, 0.25) is 0 Å². The molecule has 3 rings (SSSR count). The molecule has 1 unspecified atom stereocenters. The topological polar surface area (TPSA) is 56.7 Å². The molecule has 0 saturated carbocycles. The number of benzene rings is 1. The van der Waals surface area contributed by atoms with Gasteiger partial charge in [0.2, 0.25) is 5.89 Å². The number of aromatic nitrogens is 4. The fraction of sp³-hybridized carbons (Fsp3) is 0.308. The van der Waals surface area contributed by atoms with Gasteiger partial charge in [-0.15, -0.1) is 11.6 Å². The van der Waals surface area contributed by atoms with Gasteiger partial charge in [0, 0.05) is 19.0 Å². The van der Waals surface area contributed by atoms with Crippen molar-refractivity contribution in [2.24, 2.45) is 0 Å². The number of imidazole rings is 1. The molecular weight excluding hydrogens is 363 g/mol. The van der Waals surface area contributed by atoms with Gasteiger partial charge in [-0.25, -0.2) is 9.37 Å². The second-order valence-electron chi connectivity index (χ2n) is 4.58. The summed E-state index contributed by atoms with van der Waals surface area (Å²) in [6.45, 7) is 2.36. The third kappa shape index (κ3) is 2.80. The average molecular weight is 374 g/mol. The molecule has 0 aliphatic carbocycles. The van der Waals surface area contributed by atoms with Crippen LogP contribution >= 0.6 is 27.5 Å². The van der Waals surface area contributed by atoms with E-state index >= 15 is 0 Å². The lowest BCUT2D eigenvalue weighted by atomic mass is 10.3. The molecule has 0 aliphatic heterocycles. The molecule has 8 heteroatoms. The first-order valence-electron chi connectivity index (χ1n) is 6.31. The number of fused-ring (bicyclic) bond motifs is 1. The summed E-state index contributed by atoms with van der Waals surface area (Å²) in [5.41, 5.74) is 1.38. The molecule has 0 bridgehead atoms. The summed E-state index contributed by atoms with van der Waals surface area (Å²) in [6, 6.07) is 3.10. The molecule has 3 aromatic rings. The van der Waals surface area contributed by atoms with Crippen molar-refractivity contribution in [2.45, 2.75) is 25.3 Å². The number of alkyl halides is 1. The fourth-order valence-electron chi connectivity index (χ4n) is 2.19. The van der Waals surface area contributed by atoms with Gasteiger partial charge in [0.15, 0.2) is 6.33 Å². The lowest BCUT2D eigenvalue weighted by molar-refractivity contribution is 0.370. The molecular formula is C13H11BrClFN4O. The van der Waals surface area contributed by atoms with Crippen molar-refractivity contribution >= 4 is 38.6 Å². The highest BCUT2D eigenvalue weighted by atomic mass is 79.9. The number of nitrogens with zero attached hydrogens (tertiary/aromatic N) is 4. The van der Waals surface area contributed by atoms with E-state index in [0.717, 1.165) is 0 Å². The van der Waals surface area contributed by atoms with Crippen LogP contribution in [0.25, 0.3) is 11.0 Å². The van der Waals surface area contributed by atoms with Crippen molar-refractivity contribution < 1.29 is 8.91 Å². The smallest absolute Gasteiger partial charge is 0.228 e. The second-order valence-corrected chi connectivity index (χ2v) is 6.09. The lowest BCUT2D eigenvalue weighted by Gasteiger charge is -2.09. The summed E-state index contributed by atoms with van der Waals surface area (Å²) in [7, 11) is 0. The zero-order valence-electron chi connectivity index (χ0n) is 11.1. The summed E-state index contributed by atoms with van der Waals surface area (Å²) in [5.74, 6) is 0.863. The lowest BCUT2D eigenvalue weighted by Crippen LogP contribution is -2.07. The Bertz CT molecular complexity index is 772. The highest BCUT2D eigenvalue weighted by Gasteiger charge is 2.17. The largest absolute Gasteiger partial charge is 0.340 e. The van der Waals surface area contributed by atoms with Gasteiger partial charge in [0.25, 0.3) is 0 Å². The Labute approximate surface area is 133 Å². The third-order valence-corrected chi connectivity index (χ3v) is 3.93. The molecule has 0 saturated heterocycles. The maximum absolute atomic E-state index is 13.8. The van der Waals surface area contributed by atoms with Crippen LogP contribution in [-0.4, -0.2) is 19.7 Å². The molecule has 1 atom stereocenters. The number of halogens is 3. The van der Waals surface area contributed by atoms with E-state index < -0.39 is 0 Å². The molecule has 1 aromatic carbocycles. The minimum atomic E-state index is -0.338. The molecule has 0 fully saturated rings. The predicted molar refractivity (Wildman–Crippen MR) is 79.7 cm³/mol. The molecule has 0 amide bonds. The first-order chi connectivity index (χ1) is 10.1. The maximum Gasteiger partial charge on any atom is 0.228 e. The van der Waals surface area contributed by atoms with Crippen LogP contribution in [0.3, 0.4) is 0 Å². The molecule has 5 nitrogen and oxygen atoms in total. The predicted octanol–water partition coefficient (Wildman–Crippen LogP) is 3.86. The van der Waals surface area contributed by atoms with Crippen molar-refractivity contribution in [1.29, 1.82) is 0 Å². The van der Waals surface area contributed by atoms with Gasteiger partial charge in [0.05, 0.1) is 20.9 Å². The van der Waals surface area contributed by atoms with E-state index in [1.807, 2.05) is 11.5 Å². The molecule has 0 spiro atoms. The van der Waals surface area contributed by atoms with E-state index in [9.17, 15) is 4.39 Å². The molecule has 0 radical (unpaired) electrons. The number of aryl methyl sites for hydroxylation is 2. The van der Waals surface area contributed by atoms with Gasteiger partial charge >= 0.3 is 0 Å². The van der Waals surface area contributed by atoms with Crippen LogP contribution in [0.1, 0.15) is 24.0 Å². The third-order valence-electron chi connectivity index (χ3n) is 3.13. The zero-order chi connectivity index (χ0) is 15.0. The summed E-state index contributed by atoms with van der Waals surface area (Å²) in [6.07, 6.45) is 1.88. The van der Waals surface area contributed by atoms with E-state index in [-0.39, 0.29) is 11.2 Å². The normalized spacial score (nSPS) is 13.0. The van der Waals surface area contributed by atoms with E-state index in [4.69, 9.17) is 16.1 Å². The minimum Gasteiger partial charge on any atom is -0.340 e. The van der Waals surface area contributed by atoms with Gasteiger partial charge in [-0.3, -0.25) is 0 Å². The first kappa shape index (κ1) is 14.5. The summed E-state index contributed by atoms with van der Waals surface area (Å²) < 4.78 is 21.0. The Kier molecular flexibility index (Phi) is 3.95. The molecule has 2 heterocycles. The van der Waals surface area contributed by atoms with Crippen LogP contribution in [0.5, 0.6) is 0 Å². The number of hydrogen-bond donors (Lipinski definition) is 0. The van der Waals surface area contributed by atoms with Gasteiger partial charge < -0.3 is 9.09 Å². The van der Waals surface area contributed by atoms with Crippen molar-refractivity contribution in [3.8, 4) is 0 Å². The van der Waals surface area contributed by atoms with Gasteiger partial charge in [-0.05, 0) is 28.9 Å². The second kappa shape index (κ2) is 5.73. The van der Waals surface area contributed by atoms with Gasteiger partial charge in [-0.1, -0.05) is 5.16 Å². The van der Waals surface area contributed by atoms with Crippen LogP contribution in [-0.2, 0) is 13.0 Å². The summed E-state index contributed by atoms with van der Waals surface area (Å²) in [5, 5.41) is 3.27. The molecule has 0 N–H and O–H groups in total.